The third-order valence-electron chi connectivity index (χ3n) is 2.84. The summed E-state index contributed by atoms with van der Waals surface area (Å²) in [5, 5.41) is 21.3. The largest absolute Gasteiger partial charge is 0.381 e. The van der Waals surface area contributed by atoms with Gasteiger partial charge in [0.15, 0.2) is 5.52 Å². The summed E-state index contributed by atoms with van der Waals surface area (Å²) in [6.45, 7) is 1.33. The van der Waals surface area contributed by atoms with Crippen LogP contribution in [0.4, 0.5) is 11.4 Å². The first-order chi connectivity index (χ1) is 9.75. The molecule has 0 radical (unpaired) electrons. The van der Waals surface area contributed by atoms with E-state index < -0.39 is 4.92 Å². The Morgan fingerprint density at radius 3 is 2.95 bits per heavy atom. The number of imidazole rings is 1. The molecule has 102 valence electrons. The highest BCUT2D eigenvalue weighted by molar-refractivity contribution is 5.93. The Labute approximate surface area is 112 Å². The van der Waals surface area contributed by atoms with Crippen molar-refractivity contribution in [2.75, 3.05) is 11.9 Å². The summed E-state index contributed by atoms with van der Waals surface area (Å²) in [5.41, 5.74) is 1.01. The van der Waals surface area contributed by atoms with E-state index in [-0.39, 0.29) is 11.2 Å². The van der Waals surface area contributed by atoms with Crippen LogP contribution in [0.15, 0.2) is 35.5 Å². The highest BCUT2D eigenvalue weighted by Gasteiger charge is 2.19. The SMILES string of the molecule is O=[N+]([O-])c1ccc(NCCn2ccnc2)c2nonc12. The standard InChI is InChI=1S/C11H10N6O3/c18-17(19)9-2-1-8(10-11(9)15-20-14-10)13-4-6-16-5-3-12-7-16/h1-3,5,7,13H,4,6H2. The molecule has 9 nitrogen and oxygen atoms in total. The number of nitrogens with one attached hydrogen (secondary N) is 1. The zero-order valence-electron chi connectivity index (χ0n) is 10.3. The van der Waals surface area contributed by atoms with Gasteiger partial charge in [-0.05, 0) is 16.4 Å². The van der Waals surface area contributed by atoms with E-state index in [9.17, 15) is 10.1 Å². The summed E-state index contributed by atoms with van der Waals surface area (Å²) in [6.07, 6.45) is 5.27. The van der Waals surface area contributed by atoms with Crippen molar-refractivity contribution in [2.45, 2.75) is 6.54 Å². The van der Waals surface area contributed by atoms with E-state index in [1.54, 1.807) is 18.6 Å². The molecule has 0 saturated heterocycles. The van der Waals surface area contributed by atoms with Gasteiger partial charge < -0.3 is 9.88 Å². The van der Waals surface area contributed by atoms with E-state index in [1.165, 1.54) is 6.07 Å². The average Bonchev–Trinajstić information content (AvgIpc) is 3.09. The van der Waals surface area contributed by atoms with Crippen LogP contribution >= 0.6 is 0 Å². The molecule has 0 aliphatic carbocycles. The van der Waals surface area contributed by atoms with Gasteiger partial charge in [0.05, 0.1) is 16.9 Å². The Bertz CT molecular complexity index is 736. The lowest BCUT2D eigenvalue weighted by atomic mass is 10.2. The summed E-state index contributed by atoms with van der Waals surface area (Å²) >= 11 is 0. The van der Waals surface area contributed by atoms with Crippen LogP contribution in [0.25, 0.3) is 11.0 Å². The number of hydrogen-bond acceptors (Lipinski definition) is 7. The number of hydrogen-bond donors (Lipinski definition) is 1. The molecule has 1 aromatic carbocycles. The normalized spacial score (nSPS) is 10.8. The van der Waals surface area contributed by atoms with Crippen LogP contribution in [0.1, 0.15) is 0 Å². The first-order valence-corrected chi connectivity index (χ1v) is 5.85. The number of non-ortho nitro benzene ring substituents is 1. The molecular formula is C11H10N6O3. The molecule has 0 fully saturated rings. The van der Waals surface area contributed by atoms with E-state index in [0.717, 1.165) is 0 Å². The van der Waals surface area contributed by atoms with Crippen LogP contribution in [0.3, 0.4) is 0 Å². The van der Waals surface area contributed by atoms with Gasteiger partial charge in [0, 0.05) is 31.5 Å². The van der Waals surface area contributed by atoms with E-state index in [2.05, 4.69) is 25.2 Å². The minimum absolute atomic E-state index is 0.124. The maximum atomic E-state index is 10.9. The van der Waals surface area contributed by atoms with E-state index in [0.29, 0.717) is 24.3 Å². The first-order valence-electron chi connectivity index (χ1n) is 5.85. The topological polar surface area (TPSA) is 112 Å². The Hall–Kier alpha value is -2.97. The van der Waals surface area contributed by atoms with Gasteiger partial charge in [-0.25, -0.2) is 9.61 Å². The highest BCUT2D eigenvalue weighted by Crippen LogP contribution is 2.28. The molecule has 3 aromatic rings. The van der Waals surface area contributed by atoms with Crippen molar-refractivity contribution in [3.63, 3.8) is 0 Å². The van der Waals surface area contributed by atoms with Crippen molar-refractivity contribution < 1.29 is 9.55 Å². The summed E-state index contributed by atoms with van der Waals surface area (Å²) in [6, 6.07) is 2.98. The van der Waals surface area contributed by atoms with Crippen molar-refractivity contribution in [1.29, 1.82) is 0 Å². The Morgan fingerprint density at radius 1 is 1.35 bits per heavy atom. The van der Waals surface area contributed by atoms with Gasteiger partial charge in [-0.15, -0.1) is 0 Å². The van der Waals surface area contributed by atoms with Gasteiger partial charge in [0.1, 0.15) is 0 Å². The smallest absolute Gasteiger partial charge is 0.300 e. The Balaban J connectivity index is 1.80. The molecule has 0 saturated carbocycles. The van der Waals surface area contributed by atoms with Crippen LogP contribution in [0.5, 0.6) is 0 Å². The summed E-state index contributed by atoms with van der Waals surface area (Å²) in [4.78, 5) is 14.3. The summed E-state index contributed by atoms with van der Waals surface area (Å²) in [5.74, 6) is 0. The summed E-state index contributed by atoms with van der Waals surface area (Å²) < 4.78 is 6.50. The number of aromatic nitrogens is 4. The molecule has 20 heavy (non-hydrogen) atoms. The predicted octanol–water partition coefficient (Wildman–Crippen LogP) is 1.44. The second-order valence-electron chi connectivity index (χ2n) is 4.08. The molecule has 0 aliphatic heterocycles. The number of nitrogens with zero attached hydrogens (tertiary/aromatic N) is 5. The van der Waals surface area contributed by atoms with Crippen molar-refractivity contribution in [3.05, 3.63) is 41.0 Å². The summed E-state index contributed by atoms with van der Waals surface area (Å²) in [7, 11) is 0. The zero-order valence-corrected chi connectivity index (χ0v) is 10.3. The van der Waals surface area contributed by atoms with E-state index in [1.807, 2.05) is 10.8 Å². The molecule has 2 heterocycles. The van der Waals surface area contributed by atoms with E-state index in [4.69, 9.17) is 0 Å². The predicted molar refractivity (Wildman–Crippen MR) is 69.2 cm³/mol. The lowest BCUT2D eigenvalue weighted by molar-refractivity contribution is -0.383. The molecule has 3 rings (SSSR count). The molecule has 0 bridgehead atoms. The zero-order chi connectivity index (χ0) is 13.9. The molecule has 0 atom stereocenters. The minimum Gasteiger partial charge on any atom is -0.381 e. The maximum Gasteiger partial charge on any atom is 0.300 e. The number of rotatable bonds is 5. The monoisotopic (exact) mass is 274 g/mol. The van der Waals surface area contributed by atoms with Crippen molar-refractivity contribution in [1.82, 2.24) is 19.9 Å². The molecule has 2 aromatic heterocycles. The molecule has 0 aliphatic rings. The van der Waals surface area contributed by atoms with Crippen molar-refractivity contribution in [3.8, 4) is 0 Å². The average molecular weight is 274 g/mol. The lowest BCUT2D eigenvalue weighted by Crippen LogP contribution is -2.09. The second kappa shape index (κ2) is 4.96. The van der Waals surface area contributed by atoms with Gasteiger partial charge in [-0.1, -0.05) is 0 Å². The number of nitro groups is 1. The number of benzene rings is 1. The molecular weight excluding hydrogens is 264 g/mol. The maximum absolute atomic E-state index is 10.9. The fourth-order valence-electron chi connectivity index (χ4n) is 1.88. The van der Waals surface area contributed by atoms with Crippen LogP contribution in [-0.2, 0) is 6.54 Å². The lowest BCUT2D eigenvalue weighted by Gasteiger charge is -2.06. The fraction of sp³-hybridized carbons (Fsp3) is 0.182. The van der Waals surface area contributed by atoms with Crippen molar-refractivity contribution >= 4 is 22.4 Å². The van der Waals surface area contributed by atoms with Gasteiger partial charge in [-0.2, -0.15) is 0 Å². The highest BCUT2D eigenvalue weighted by atomic mass is 16.6. The van der Waals surface area contributed by atoms with Gasteiger partial charge >= 0.3 is 5.69 Å². The van der Waals surface area contributed by atoms with Crippen LogP contribution in [-0.4, -0.2) is 31.3 Å². The van der Waals surface area contributed by atoms with Crippen molar-refractivity contribution in [2.24, 2.45) is 0 Å². The first kappa shape index (κ1) is 12.1. The molecule has 1 N–H and O–H groups in total. The van der Waals surface area contributed by atoms with Crippen LogP contribution < -0.4 is 5.32 Å². The Morgan fingerprint density at radius 2 is 2.20 bits per heavy atom. The van der Waals surface area contributed by atoms with Gasteiger partial charge in [-0.3, -0.25) is 10.1 Å². The van der Waals surface area contributed by atoms with E-state index >= 15 is 0 Å². The molecule has 0 unspecified atom stereocenters. The van der Waals surface area contributed by atoms with Gasteiger partial charge in [0.25, 0.3) is 0 Å². The Kier molecular flexibility index (Phi) is 2.99. The molecule has 0 amide bonds. The molecule has 0 spiro atoms. The third kappa shape index (κ3) is 2.16. The number of nitro benzene ring substituents is 1. The third-order valence-corrected chi connectivity index (χ3v) is 2.84. The van der Waals surface area contributed by atoms with Crippen LogP contribution in [0, 0.1) is 10.1 Å². The van der Waals surface area contributed by atoms with Crippen LogP contribution in [0.2, 0.25) is 0 Å². The fourth-order valence-corrected chi connectivity index (χ4v) is 1.88. The second-order valence-corrected chi connectivity index (χ2v) is 4.08. The minimum atomic E-state index is -0.512. The number of anilines is 1. The number of fused-ring (bicyclic) bond motifs is 1. The van der Waals surface area contributed by atoms with Gasteiger partial charge in [0.2, 0.25) is 5.52 Å². The quantitative estimate of drug-likeness (QED) is 0.553. The molecule has 9 heteroatoms.